The minimum atomic E-state index is -0.546. The molecule has 2 atom stereocenters. The Hall–Kier alpha value is -2.92. The Kier molecular flexibility index (Phi) is 8.07. The van der Waals surface area contributed by atoms with Crippen molar-refractivity contribution in [2.24, 2.45) is 0 Å². The maximum atomic E-state index is 13.4. The molecular formula is C24H28ClFN6O3. The van der Waals surface area contributed by atoms with Crippen LogP contribution in [0, 0.1) is 5.82 Å². The van der Waals surface area contributed by atoms with Gasteiger partial charge in [-0.2, -0.15) is 0 Å². The van der Waals surface area contributed by atoms with Crippen LogP contribution in [0.3, 0.4) is 0 Å². The molecule has 0 bridgehead atoms. The Balaban J connectivity index is 1.45. The highest BCUT2D eigenvalue weighted by Crippen LogP contribution is 2.22. The van der Waals surface area contributed by atoms with Gasteiger partial charge in [0.25, 0.3) is 5.56 Å². The SMILES string of the molecule is CN(C)C1CCN(CC(C=O)NCc2nccc3c(=O)[nH]c(COc4ccc(F)c(Cl)c4)nc23)C1. The first-order valence-corrected chi connectivity index (χ1v) is 11.7. The van der Waals surface area contributed by atoms with E-state index in [9.17, 15) is 14.0 Å². The molecule has 2 N–H and O–H groups in total. The molecule has 1 aliphatic heterocycles. The number of aromatic nitrogens is 3. The number of nitrogens with one attached hydrogen (secondary N) is 2. The van der Waals surface area contributed by atoms with Gasteiger partial charge in [0.15, 0.2) is 0 Å². The van der Waals surface area contributed by atoms with Crippen molar-refractivity contribution in [3.8, 4) is 5.75 Å². The van der Waals surface area contributed by atoms with Crippen LogP contribution < -0.4 is 15.6 Å². The van der Waals surface area contributed by atoms with E-state index in [1.165, 1.54) is 18.2 Å². The Bertz CT molecular complexity index is 1250. The Morgan fingerprint density at radius 3 is 2.94 bits per heavy atom. The van der Waals surface area contributed by atoms with Crippen molar-refractivity contribution in [2.45, 2.75) is 31.7 Å². The molecule has 0 aliphatic carbocycles. The molecule has 0 spiro atoms. The van der Waals surface area contributed by atoms with E-state index in [0.717, 1.165) is 25.8 Å². The number of aldehydes is 1. The van der Waals surface area contributed by atoms with E-state index in [4.69, 9.17) is 16.3 Å². The number of likely N-dealkylation sites (N-methyl/N-ethyl adjacent to an activating group) is 1. The minimum Gasteiger partial charge on any atom is -0.486 e. The third kappa shape index (κ3) is 6.21. The van der Waals surface area contributed by atoms with Gasteiger partial charge in [-0.3, -0.25) is 14.7 Å². The Labute approximate surface area is 207 Å². The van der Waals surface area contributed by atoms with Crippen molar-refractivity contribution in [1.82, 2.24) is 30.1 Å². The first-order chi connectivity index (χ1) is 16.8. The maximum absolute atomic E-state index is 13.4. The molecule has 1 aliphatic rings. The standard InChI is InChI=1S/C24H28ClFN6O3/c1-31(2)16-6-8-32(12-16)11-15(13-33)28-10-21-23-18(5-7-27-21)24(34)30-22(29-23)14-35-17-3-4-20(26)19(25)9-17/h3-5,7,9,13,15-16,28H,6,8,10-12,14H2,1-2H3,(H,29,30,34). The first-order valence-electron chi connectivity index (χ1n) is 11.4. The van der Waals surface area contributed by atoms with Crippen molar-refractivity contribution < 1.29 is 13.9 Å². The third-order valence-electron chi connectivity index (χ3n) is 6.14. The van der Waals surface area contributed by atoms with Crippen LogP contribution in [0.25, 0.3) is 10.9 Å². The molecule has 1 aromatic carbocycles. The van der Waals surface area contributed by atoms with E-state index in [1.807, 2.05) is 0 Å². The Morgan fingerprint density at radius 2 is 2.23 bits per heavy atom. The van der Waals surface area contributed by atoms with Crippen LogP contribution in [0.15, 0.2) is 35.3 Å². The van der Waals surface area contributed by atoms with Gasteiger partial charge in [-0.15, -0.1) is 0 Å². The lowest BCUT2D eigenvalue weighted by atomic mass is 10.2. The highest BCUT2D eigenvalue weighted by molar-refractivity contribution is 6.30. The summed E-state index contributed by atoms with van der Waals surface area (Å²) < 4.78 is 19.0. The van der Waals surface area contributed by atoms with Crippen LogP contribution >= 0.6 is 11.6 Å². The van der Waals surface area contributed by atoms with Crippen molar-refractivity contribution >= 4 is 28.8 Å². The molecule has 0 saturated carbocycles. The summed E-state index contributed by atoms with van der Waals surface area (Å²) in [4.78, 5) is 40.5. The molecule has 3 aromatic rings. The van der Waals surface area contributed by atoms with Gasteiger partial charge in [-0.05, 0) is 45.3 Å². The second kappa shape index (κ2) is 11.2. The molecule has 3 heterocycles. The number of fused-ring (bicyclic) bond motifs is 1. The second-order valence-electron chi connectivity index (χ2n) is 8.82. The fourth-order valence-electron chi connectivity index (χ4n) is 4.14. The summed E-state index contributed by atoms with van der Waals surface area (Å²) in [5, 5.41) is 3.57. The van der Waals surface area contributed by atoms with Gasteiger partial charge in [0, 0.05) is 37.9 Å². The zero-order chi connectivity index (χ0) is 24.9. The van der Waals surface area contributed by atoms with Crippen LogP contribution in [0.1, 0.15) is 17.9 Å². The summed E-state index contributed by atoms with van der Waals surface area (Å²) in [6.45, 7) is 2.70. The van der Waals surface area contributed by atoms with Gasteiger partial charge in [0.05, 0.1) is 22.1 Å². The quantitative estimate of drug-likeness (QED) is 0.406. The lowest BCUT2D eigenvalue weighted by molar-refractivity contribution is -0.110. The topological polar surface area (TPSA) is 103 Å². The molecule has 1 fully saturated rings. The van der Waals surface area contributed by atoms with Crippen molar-refractivity contribution in [2.75, 3.05) is 33.7 Å². The molecule has 186 valence electrons. The zero-order valence-electron chi connectivity index (χ0n) is 19.6. The number of benzene rings is 1. The summed E-state index contributed by atoms with van der Waals surface area (Å²) in [6.07, 6.45) is 3.53. The number of carbonyl (C=O) groups excluding carboxylic acids is 1. The van der Waals surface area contributed by atoms with Gasteiger partial charge < -0.3 is 24.7 Å². The first kappa shape index (κ1) is 25.2. The normalized spacial score (nSPS) is 17.2. The molecule has 2 aromatic heterocycles. The number of halogens is 2. The van der Waals surface area contributed by atoms with E-state index in [-0.39, 0.29) is 35.6 Å². The average Bonchev–Trinajstić information content (AvgIpc) is 3.31. The Morgan fingerprint density at radius 1 is 1.40 bits per heavy atom. The highest BCUT2D eigenvalue weighted by Gasteiger charge is 2.25. The fraction of sp³-hybridized carbons (Fsp3) is 0.417. The number of hydrogen-bond acceptors (Lipinski definition) is 8. The van der Waals surface area contributed by atoms with E-state index in [1.54, 1.807) is 12.3 Å². The largest absolute Gasteiger partial charge is 0.486 e. The van der Waals surface area contributed by atoms with Crippen LogP contribution in [-0.2, 0) is 17.9 Å². The predicted octanol–water partition coefficient (Wildman–Crippen LogP) is 1.98. The van der Waals surface area contributed by atoms with E-state index in [0.29, 0.717) is 34.9 Å². The fourth-order valence-corrected chi connectivity index (χ4v) is 4.31. The monoisotopic (exact) mass is 502 g/mol. The number of H-pyrrole nitrogens is 1. The van der Waals surface area contributed by atoms with E-state index in [2.05, 4.69) is 44.2 Å². The molecule has 4 rings (SSSR count). The van der Waals surface area contributed by atoms with Crippen LogP contribution in [-0.4, -0.2) is 76.9 Å². The number of likely N-dealkylation sites (tertiary alicyclic amines) is 1. The van der Waals surface area contributed by atoms with Crippen LogP contribution in [0.5, 0.6) is 5.75 Å². The van der Waals surface area contributed by atoms with E-state index >= 15 is 0 Å². The van der Waals surface area contributed by atoms with Crippen molar-refractivity contribution in [1.29, 1.82) is 0 Å². The van der Waals surface area contributed by atoms with Gasteiger partial charge in [0.2, 0.25) is 0 Å². The molecule has 0 radical (unpaired) electrons. The highest BCUT2D eigenvalue weighted by atomic mass is 35.5. The number of pyridine rings is 1. The zero-order valence-corrected chi connectivity index (χ0v) is 20.4. The number of hydrogen-bond donors (Lipinski definition) is 2. The number of aromatic amines is 1. The number of rotatable bonds is 10. The molecule has 11 heteroatoms. The predicted molar refractivity (Wildman–Crippen MR) is 131 cm³/mol. The lowest BCUT2D eigenvalue weighted by Crippen LogP contribution is -2.42. The smallest absolute Gasteiger partial charge is 0.258 e. The number of ether oxygens (including phenoxy) is 1. The third-order valence-corrected chi connectivity index (χ3v) is 6.43. The van der Waals surface area contributed by atoms with Crippen molar-refractivity contribution in [3.63, 3.8) is 0 Å². The molecule has 9 nitrogen and oxygen atoms in total. The summed E-state index contributed by atoms with van der Waals surface area (Å²) in [5.74, 6) is 0.0886. The van der Waals surface area contributed by atoms with Crippen LogP contribution in [0.2, 0.25) is 5.02 Å². The summed E-state index contributed by atoms with van der Waals surface area (Å²) in [7, 11) is 4.14. The van der Waals surface area contributed by atoms with Crippen molar-refractivity contribution in [3.05, 3.63) is 63.2 Å². The van der Waals surface area contributed by atoms with E-state index < -0.39 is 5.82 Å². The van der Waals surface area contributed by atoms with Crippen LogP contribution in [0.4, 0.5) is 4.39 Å². The molecule has 35 heavy (non-hydrogen) atoms. The molecule has 0 amide bonds. The second-order valence-corrected chi connectivity index (χ2v) is 9.23. The summed E-state index contributed by atoms with van der Waals surface area (Å²) >= 11 is 5.79. The lowest BCUT2D eigenvalue weighted by Gasteiger charge is -2.23. The van der Waals surface area contributed by atoms with Gasteiger partial charge in [-0.1, -0.05) is 11.6 Å². The minimum absolute atomic E-state index is 0.0477. The van der Waals surface area contributed by atoms with Gasteiger partial charge >= 0.3 is 0 Å². The molecule has 2 unspecified atom stereocenters. The average molecular weight is 503 g/mol. The molecule has 1 saturated heterocycles. The maximum Gasteiger partial charge on any atom is 0.258 e. The van der Waals surface area contributed by atoms with Gasteiger partial charge in [-0.25, -0.2) is 9.37 Å². The summed E-state index contributed by atoms with van der Waals surface area (Å²) in [5.41, 5.74) is 0.658. The summed E-state index contributed by atoms with van der Waals surface area (Å²) in [6, 6.07) is 5.71. The van der Waals surface area contributed by atoms with Gasteiger partial charge in [0.1, 0.15) is 35.8 Å². The number of nitrogens with zero attached hydrogens (tertiary/aromatic N) is 4. The number of carbonyl (C=O) groups is 1. The molecular weight excluding hydrogens is 475 g/mol.